The van der Waals surface area contributed by atoms with Crippen molar-refractivity contribution in [1.29, 1.82) is 0 Å². The summed E-state index contributed by atoms with van der Waals surface area (Å²) in [5.41, 5.74) is 0. The highest BCUT2D eigenvalue weighted by Gasteiger charge is 2.31. The second-order valence-electron chi connectivity index (χ2n) is 5.00. The van der Waals surface area contributed by atoms with E-state index in [2.05, 4.69) is 10.3 Å². The van der Waals surface area contributed by atoms with E-state index in [1.807, 2.05) is 12.3 Å². The third-order valence-corrected chi connectivity index (χ3v) is 4.49. The van der Waals surface area contributed by atoms with Crippen molar-refractivity contribution in [3.8, 4) is 0 Å². The molecule has 1 aromatic heterocycles. The number of piperidine rings is 1. The number of hydrogen-bond donors (Lipinski definition) is 2. The Morgan fingerprint density at radius 1 is 1.60 bits per heavy atom. The van der Waals surface area contributed by atoms with Crippen LogP contribution in [-0.2, 0) is 4.79 Å². The highest BCUT2D eigenvalue weighted by atomic mass is 32.1. The van der Waals surface area contributed by atoms with Gasteiger partial charge < -0.3 is 15.3 Å². The van der Waals surface area contributed by atoms with Crippen LogP contribution in [0, 0.1) is 0 Å². The van der Waals surface area contributed by atoms with Crippen LogP contribution < -0.4 is 5.32 Å². The number of aromatic nitrogens is 1. The quantitative estimate of drug-likeness (QED) is 0.889. The van der Waals surface area contributed by atoms with Gasteiger partial charge in [-0.3, -0.25) is 0 Å². The van der Waals surface area contributed by atoms with Gasteiger partial charge in [0.1, 0.15) is 6.04 Å². The molecule has 1 aliphatic rings. The number of nitrogens with one attached hydrogen (secondary N) is 1. The summed E-state index contributed by atoms with van der Waals surface area (Å²) >= 11 is 1.55. The molecular formula is C13H19N3O3S. The topological polar surface area (TPSA) is 82.5 Å². The number of thiazole rings is 1. The summed E-state index contributed by atoms with van der Waals surface area (Å²) in [6.07, 6.45) is 3.99. The minimum absolute atomic E-state index is 0.131. The van der Waals surface area contributed by atoms with Gasteiger partial charge in [-0.25, -0.2) is 14.6 Å². The lowest BCUT2D eigenvalue weighted by molar-refractivity contribution is -0.143. The summed E-state index contributed by atoms with van der Waals surface area (Å²) in [4.78, 5) is 28.9. The molecule has 2 N–H and O–H groups in total. The molecule has 110 valence electrons. The number of rotatable bonds is 4. The summed E-state index contributed by atoms with van der Waals surface area (Å²) in [5.74, 6) is -0.792. The maximum absolute atomic E-state index is 12.1. The number of carboxylic acids is 1. The van der Waals surface area contributed by atoms with Gasteiger partial charge in [-0.05, 0) is 19.3 Å². The van der Waals surface area contributed by atoms with Crippen LogP contribution in [-0.4, -0.2) is 46.1 Å². The zero-order valence-electron chi connectivity index (χ0n) is 11.4. The van der Waals surface area contributed by atoms with Crippen LogP contribution >= 0.6 is 11.3 Å². The fourth-order valence-corrected chi connectivity index (χ4v) is 3.04. The van der Waals surface area contributed by atoms with Gasteiger partial charge in [-0.1, -0.05) is 6.92 Å². The Balaban J connectivity index is 1.88. The summed E-state index contributed by atoms with van der Waals surface area (Å²) in [6.45, 7) is 2.97. The SMILES string of the molecule is CC(CNC(=O)N1CCCCC1C(=O)O)c1nccs1. The molecule has 0 radical (unpaired) electrons. The van der Waals surface area contributed by atoms with Crippen molar-refractivity contribution >= 4 is 23.3 Å². The summed E-state index contributed by atoms with van der Waals surface area (Å²) in [5, 5.41) is 14.8. The lowest BCUT2D eigenvalue weighted by Gasteiger charge is -2.33. The molecule has 2 amide bonds. The van der Waals surface area contributed by atoms with Crippen LogP contribution in [0.5, 0.6) is 0 Å². The Kier molecular flexibility index (Phi) is 4.94. The highest BCUT2D eigenvalue weighted by Crippen LogP contribution is 2.19. The number of carbonyl (C=O) groups excluding carboxylic acids is 1. The van der Waals surface area contributed by atoms with Gasteiger partial charge in [0.05, 0.1) is 5.01 Å². The molecule has 0 spiro atoms. The van der Waals surface area contributed by atoms with Crippen molar-refractivity contribution in [2.45, 2.75) is 38.1 Å². The molecule has 0 aromatic carbocycles. The van der Waals surface area contributed by atoms with Gasteiger partial charge in [-0.2, -0.15) is 0 Å². The Hall–Kier alpha value is -1.63. The van der Waals surface area contributed by atoms with Crippen molar-refractivity contribution in [3.05, 3.63) is 16.6 Å². The normalized spacial score (nSPS) is 20.4. The van der Waals surface area contributed by atoms with Gasteiger partial charge in [0.25, 0.3) is 0 Å². The van der Waals surface area contributed by atoms with Gasteiger partial charge in [0.15, 0.2) is 0 Å². The minimum atomic E-state index is -0.923. The second-order valence-corrected chi connectivity index (χ2v) is 5.93. The van der Waals surface area contributed by atoms with E-state index in [0.717, 1.165) is 17.8 Å². The smallest absolute Gasteiger partial charge is 0.326 e. The molecule has 1 fully saturated rings. The monoisotopic (exact) mass is 297 g/mol. The first-order valence-corrected chi connectivity index (χ1v) is 7.64. The fourth-order valence-electron chi connectivity index (χ4n) is 2.34. The molecule has 1 aliphatic heterocycles. The molecule has 20 heavy (non-hydrogen) atoms. The first kappa shape index (κ1) is 14.8. The summed E-state index contributed by atoms with van der Waals surface area (Å²) < 4.78 is 0. The zero-order valence-corrected chi connectivity index (χ0v) is 12.2. The maximum atomic E-state index is 12.1. The Morgan fingerprint density at radius 2 is 2.40 bits per heavy atom. The molecule has 2 atom stereocenters. The summed E-state index contributed by atoms with van der Waals surface area (Å²) in [6, 6.07) is -0.987. The highest BCUT2D eigenvalue weighted by molar-refractivity contribution is 7.09. The number of urea groups is 1. The zero-order chi connectivity index (χ0) is 14.5. The average Bonchev–Trinajstić information content (AvgIpc) is 2.98. The van der Waals surface area contributed by atoms with Crippen LogP contribution in [0.2, 0.25) is 0 Å². The molecule has 2 heterocycles. The van der Waals surface area contributed by atoms with E-state index in [0.29, 0.717) is 19.5 Å². The van der Waals surface area contributed by atoms with Gasteiger partial charge in [0, 0.05) is 30.6 Å². The van der Waals surface area contributed by atoms with Gasteiger partial charge in [-0.15, -0.1) is 11.3 Å². The third-order valence-electron chi connectivity index (χ3n) is 3.48. The Bertz CT molecular complexity index is 463. The lowest BCUT2D eigenvalue weighted by atomic mass is 10.0. The Morgan fingerprint density at radius 3 is 3.05 bits per heavy atom. The largest absolute Gasteiger partial charge is 0.480 e. The predicted octanol–water partition coefficient (Wildman–Crippen LogP) is 1.90. The molecule has 0 saturated carbocycles. The summed E-state index contributed by atoms with van der Waals surface area (Å²) in [7, 11) is 0. The minimum Gasteiger partial charge on any atom is -0.480 e. The predicted molar refractivity (Wildman–Crippen MR) is 75.9 cm³/mol. The molecular weight excluding hydrogens is 278 g/mol. The molecule has 0 bridgehead atoms. The van der Waals surface area contributed by atoms with E-state index in [1.165, 1.54) is 4.90 Å². The van der Waals surface area contributed by atoms with Gasteiger partial charge >= 0.3 is 12.0 Å². The number of carboxylic acid groups (broad SMARTS) is 1. The number of carbonyl (C=O) groups is 2. The molecule has 1 aromatic rings. The second kappa shape index (κ2) is 6.69. The van der Waals surface area contributed by atoms with E-state index in [9.17, 15) is 9.59 Å². The van der Waals surface area contributed by atoms with Crippen molar-refractivity contribution in [3.63, 3.8) is 0 Å². The molecule has 6 nitrogen and oxygen atoms in total. The maximum Gasteiger partial charge on any atom is 0.326 e. The number of nitrogens with zero attached hydrogens (tertiary/aromatic N) is 2. The van der Waals surface area contributed by atoms with Crippen LogP contribution in [0.25, 0.3) is 0 Å². The number of aliphatic carboxylic acids is 1. The van der Waals surface area contributed by atoms with Crippen LogP contribution in [0.1, 0.15) is 37.1 Å². The van der Waals surface area contributed by atoms with E-state index < -0.39 is 12.0 Å². The molecule has 7 heteroatoms. The number of amides is 2. The molecule has 0 aliphatic carbocycles. The van der Waals surface area contributed by atoms with Crippen molar-refractivity contribution in [2.75, 3.05) is 13.1 Å². The molecule has 2 unspecified atom stereocenters. The van der Waals surface area contributed by atoms with E-state index in [1.54, 1.807) is 17.5 Å². The molecule has 2 rings (SSSR count). The van der Waals surface area contributed by atoms with Crippen LogP contribution in [0.15, 0.2) is 11.6 Å². The third kappa shape index (κ3) is 3.47. The Labute approximate surface area is 121 Å². The van der Waals surface area contributed by atoms with E-state index in [-0.39, 0.29) is 11.9 Å². The lowest BCUT2D eigenvalue weighted by Crippen LogP contribution is -2.52. The van der Waals surface area contributed by atoms with Crippen molar-refractivity contribution in [2.24, 2.45) is 0 Å². The van der Waals surface area contributed by atoms with E-state index in [4.69, 9.17) is 5.11 Å². The fraction of sp³-hybridized carbons (Fsp3) is 0.615. The van der Waals surface area contributed by atoms with Crippen molar-refractivity contribution < 1.29 is 14.7 Å². The van der Waals surface area contributed by atoms with Crippen molar-refractivity contribution in [1.82, 2.24) is 15.2 Å². The molecule has 1 saturated heterocycles. The van der Waals surface area contributed by atoms with Gasteiger partial charge in [0.2, 0.25) is 0 Å². The van der Waals surface area contributed by atoms with Crippen LogP contribution in [0.3, 0.4) is 0 Å². The number of hydrogen-bond acceptors (Lipinski definition) is 4. The average molecular weight is 297 g/mol. The standard InChI is InChI=1S/C13H19N3O3S/c1-9(11-14-5-7-20-11)8-15-13(19)16-6-3-2-4-10(16)12(17)18/h5,7,9-10H,2-4,6,8H2,1H3,(H,15,19)(H,17,18). The van der Waals surface area contributed by atoms with E-state index >= 15 is 0 Å². The first-order valence-electron chi connectivity index (χ1n) is 6.76. The first-order chi connectivity index (χ1) is 9.59. The number of likely N-dealkylation sites (tertiary alicyclic amines) is 1. The van der Waals surface area contributed by atoms with Crippen LogP contribution in [0.4, 0.5) is 4.79 Å².